The normalized spacial score (nSPS) is 16.1. The number of nitrogens with one attached hydrogen (secondary N) is 1. The molecule has 0 spiro atoms. The van der Waals surface area contributed by atoms with Gasteiger partial charge in [-0.15, -0.1) is 0 Å². The van der Waals surface area contributed by atoms with E-state index < -0.39 is 0 Å². The molecule has 1 unspecified atom stereocenters. The van der Waals surface area contributed by atoms with Crippen molar-refractivity contribution in [2.45, 2.75) is 19.8 Å². The molecule has 0 aliphatic heterocycles. The summed E-state index contributed by atoms with van der Waals surface area (Å²) in [5.74, 6) is 0.624. The molecule has 0 saturated heterocycles. The lowest BCUT2D eigenvalue weighted by molar-refractivity contribution is -0.119. The van der Waals surface area contributed by atoms with Crippen molar-refractivity contribution in [3.05, 3.63) is 28.2 Å². The van der Waals surface area contributed by atoms with Crippen molar-refractivity contribution in [1.82, 2.24) is 0 Å². The minimum absolute atomic E-state index is 0.0392. The smallest absolute Gasteiger partial charge is 0.227 e. The highest BCUT2D eigenvalue weighted by Crippen LogP contribution is 2.37. The maximum Gasteiger partial charge on any atom is 0.227 e. The van der Waals surface area contributed by atoms with Crippen molar-refractivity contribution in [2.24, 2.45) is 17.6 Å². The fourth-order valence-electron chi connectivity index (χ4n) is 1.89. The van der Waals surface area contributed by atoms with Gasteiger partial charge in [-0.05, 0) is 37.0 Å². The van der Waals surface area contributed by atoms with Crippen LogP contribution in [0.4, 0.5) is 5.69 Å². The summed E-state index contributed by atoms with van der Waals surface area (Å²) in [7, 11) is 0. The minimum atomic E-state index is 0.0392. The van der Waals surface area contributed by atoms with Gasteiger partial charge in [-0.1, -0.05) is 35.1 Å². The van der Waals surface area contributed by atoms with Gasteiger partial charge in [0.15, 0.2) is 0 Å². The SMILES string of the molecule is CC(C(=O)Nc1ccc(Br)cc1C(N)=S)C1CC1. The van der Waals surface area contributed by atoms with Gasteiger partial charge in [0.2, 0.25) is 5.91 Å². The molecule has 0 aromatic heterocycles. The maximum atomic E-state index is 12.0. The molecule has 0 heterocycles. The maximum absolute atomic E-state index is 12.0. The van der Waals surface area contributed by atoms with Crippen molar-refractivity contribution in [2.75, 3.05) is 5.32 Å². The van der Waals surface area contributed by atoms with Crippen LogP contribution in [0.25, 0.3) is 0 Å². The second-order valence-electron chi connectivity index (χ2n) is 4.67. The highest BCUT2D eigenvalue weighted by molar-refractivity contribution is 9.10. The monoisotopic (exact) mass is 326 g/mol. The average Bonchev–Trinajstić information content (AvgIpc) is 3.14. The molecule has 1 atom stereocenters. The van der Waals surface area contributed by atoms with E-state index in [0.717, 1.165) is 17.3 Å². The van der Waals surface area contributed by atoms with E-state index in [0.29, 0.717) is 17.2 Å². The van der Waals surface area contributed by atoms with Gasteiger partial charge in [0, 0.05) is 16.0 Å². The molecule has 5 heteroatoms. The molecule has 3 N–H and O–H groups in total. The molecule has 0 bridgehead atoms. The number of carbonyl (C=O) groups is 1. The zero-order chi connectivity index (χ0) is 13.3. The average molecular weight is 327 g/mol. The van der Waals surface area contributed by atoms with Gasteiger partial charge in [-0.3, -0.25) is 4.79 Å². The lowest BCUT2D eigenvalue weighted by Gasteiger charge is -2.14. The van der Waals surface area contributed by atoms with E-state index in [1.807, 2.05) is 25.1 Å². The third kappa shape index (κ3) is 3.09. The lowest BCUT2D eigenvalue weighted by atomic mass is 10.1. The molecule has 1 fully saturated rings. The zero-order valence-corrected chi connectivity index (χ0v) is 12.5. The molecular formula is C13H15BrN2OS. The number of halogens is 1. The van der Waals surface area contributed by atoms with Crippen LogP contribution in [0.15, 0.2) is 22.7 Å². The van der Waals surface area contributed by atoms with Crippen molar-refractivity contribution in [3.63, 3.8) is 0 Å². The van der Waals surface area contributed by atoms with E-state index in [2.05, 4.69) is 21.2 Å². The Kier molecular flexibility index (Phi) is 4.02. The van der Waals surface area contributed by atoms with Gasteiger partial charge >= 0.3 is 0 Å². The molecule has 0 radical (unpaired) electrons. The summed E-state index contributed by atoms with van der Waals surface area (Å²) in [6.07, 6.45) is 2.30. The second kappa shape index (κ2) is 5.36. The molecule has 1 saturated carbocycles. The summed E-state index contributed by atoms with van der Waals surface area (Å²) in [6.45, 7) is 1.96. The number of hydrogen-bond donors (Lipinski definition) is 2. The first-order valence-electron chi connectivity index (χ1n) is 5.89. The molecule has 3 nitrogen and oxygen atoms in total. The molecule has 96 valence electrons. The highest BCUT2D eigenvalue weighted by atomic mass is 79.9. The summed E-state index contributed by atoms with van der Waals surface area (Å²) < 4.78 is 0.888. The van der Waals surface area contributed by atoms with Crippen molar-refractivity contribution in [3.8, 4) is 0 Å². The number of nitrogens with two attached hydrogens (primary N) is 1. The van der Waals surface area contributed by atoms with Crippen LogP contribution in [0.3, 0.4) is 0 Å². The Labute approximate surface area is 120 Å². The molecular weight excluding hydrogens is 312 g/mol. The van der Waals surface area contributed by atoms with Gasteiger partial charge in [-0.2, -0.15) is 0 Å². The summed E-state index contributed by atoms with van der Waals surface area (Å²) in [6, 6.07) is 5.50. The van der Waals surface area contributed by atoms with Crippen LogP contribution in [0.2, 0.25) is 0 Å². The number of anilines is 1. The summed E-state index contributed by atoms with van der Waals surface area (Å²) >= 11 is 8.36. The third-order valence-electron chi connectivity index (χ3n) is 3.25. The van der Waals surface area contributed by atoms with Gasteiger partial charge in [0.05, 0.1) is 5.69 Å². The van der Waals surface area contributed by atoms with E-state index in [-0.39, 0.29) is 16.8 Å². The Hall–Kier alpha value is -0.940. The van der Waals surface area contributed by atoms with Crippen LogP contribution in [-0.2, 0) is 4.79 Å². The fraction of sp³-hybridized carbons (Fsp3) is 0.385. The first kappa shape index (κ1) is 13.5. The first-order chi connectivity index (χ1) is 8.49. The fourth-order valence-corrected chi connectivity index (χ4v) is 2.42. The number of rotatable bonds is 4. The molecule has 1 aromatic rings. The molecule has 1 aliphatic carbocycles. The van der Waals surface area contributed by atoms with Crippen LogP contribution >= 0.6 is 28.1 Å². The van der Waals surface area contributed by atoms with E-state index >= 15 is 0 Å². The standard InChI is InChI=1S/C13H15BrN2OS/c1-7(8-2-3-8)13(17)16-11-5-4-9(14)6-10(11)12(15)18/h4-8H,2-3H2,1H3,(H2,15,18)(H,16,17). The molecule has 1 aromatic carbocycles. The van der Waals surface area contributed by atoms with Crippen LogP contribution < -0.4 is 11.1 Å². The van der Waals surface area contributed by atoms with Crippen LogP contribution in [0.5, 0.6) is 0 Å². The lowest BCUT2D eigenvalue weighted by Crippen LogP contribution is -2.24. The quantitative estimate of drug-likeness (QED) is 0.836. The van der Waals surface area contributed by atoms with Crippen molar-refractivity contribution < 1.29 is 4.79 Å². The molecule has 2 rings (SSSR count). The Morgan fingerprint density at radius 1 is 1.56 bits per heavy atom. The summed E-state index contributed by atoms with van der Waals surface area (Å²) in [5, 5.41) is 2.91. The van der Waals surface area contributed by atoms with Gasteiger partial charge < -0.3 is 11.1 Å². The van der Waals surface area contributed by atoms with Crippen LogP contribution in [-0.4, -0.2) is 10.9 Å². The Morgan fingerprint density at radius 2 is 2.22 bits per heavy atom. The van der Waals surface area contributed by atoms with Crippen molar-refractivity contribution >= 4 is 44.7 Å². The molecule has 1 aliphatic rings. The van der Waals surface area contributed by atoms with Crippen LogP contribution in [0.1, 0.15) is 25.3 Å². The minimum Gasteiger partial charge on any atom is -0.389 e. The van der Waals surface area contributed by atoms with Crippen LogP contribution in [0, 0.1) is 11.8 Å². The third-order valence-corrected chi connectivity index (χ3v) is 3.96. The summed E-state index contributed by atoms with van der Waals surface area (Å²) in [5.41, 5.74) is 7.04. The number of carbonyl (C=O) groups excluding carboxylic acids is 1. The molecule has 18 heavy (non-hydrogen) atoms. The molecule has 1 amide bonds. The zero-order valence-electron chi connectivity index (χ0n) is 10.1. The highest BCUT2D eigenvalue weighted by Gasteiger charge is 2.32. The Morgan fingerprint density at radius 3 is 2.78 bits per heavy atom. The number of hydrogen-bond acceptors (Lipinski definition) is 2. The number of thiocarbonyl (C=S) groups is 1. The Balaban J connectivity index is 2.17. The number of benzene rings is 1. The van der Waals surface area contributed by atoms with Gasteiger partial charge in [0.25, 0.3) is 0 Å². The van der Waals surface area contributed by atoms with E-state index in [4.69, 9.17) is 18.0 Å². The number of amides is 1. The van der Waals surface area contributed by atoms with Gasteiger partial charge in [0.1, 0.15) is 4.99 Å². The predicted octanol–water partition coefficient (Wildman–Crippen LogP) is 3.07. The van der Waals surface area contributed by atoms with Crippen molar-refractivity contribution in [1.29, 1.82) is 0 Å². The Bertz CT molecular complexity index is 500. The van der Waals surface area contributed by atoms with E-state index in [9.17, 15) is 4.79 Å². The largest absolute Gasteiger partial charge is 0.389 e. The van der Waals surface area contributed by atoms with E-state index in [1.165, 1.54) is 0 Å². The van der Waals surface area contributed by atoms with Gasteiger partial charge in [-0.25, -0.2) is 0 Å². The first-order valence-corrected chi connectivity index (χ1v) is 7.09. The summed E-state index contributed by atoms with van der Waals surface area (Å²) in [4.78, 5) is 12.3. The van der Waals surface area contributed by atoms with E-state index in [1.54, 1.807) is 0 Å². The second-order valence-corrected chi connectivity index (χ2v) is 6.03. The predicted molar refractivity (Wildman–Crippen MR) is 80.5 cm³/mol. The topological polar surface area (TPSA) is 55.1 Å².